The van der Waals surface area contributed by atoms with E-state index in [-0.39, 0.29) is 11.4 Å². The third-order valence-electron chi connectivity index (χ3n) is 3.25. The molecule has 2 aromatic rings. The summed E-state index contributed by atoms with van der Waals surface area (Å²) in [4.78, 5) is 0. The molecule has 0 saturated heterocycles. The van der Waals surface area contributed by atoms with Crippen molar-refractivity contribution in [2.45, 2.75) is 19.4 Å². The molecule has 1 N–H and O–H groups in total. The Morgan fingerprint density at radius 2 is 2.00 bits per heavy atom. The molecule has 3 heteroatoms. The molecule has 0 radical (unpaired) electrons. The highest BCUT2D eigenvalue weighted by Gasteiger charge is 2.23. The van der Waals surface area contributed by atoms with Crippen LogP contribution >= 0.6 is 0 Å². The van der Waals surface area contributed by atoms with Crippen molar-refractivity contribution in [3.63, 3.8) is 0 Å². The summed E-state index contributed by atoms with van der Waals surface area (Å²) in [6.07, 6.45) is 1.99. The summed E-state index contributed by atoms with van der Waals surface area (Å²) >= 11 is 0. The van der Waals surface area contributed by atoms with Gasteiger partial charge in [0.25, 0.3) is 0 Å². The predicted octanol–water partition coefficient (Wildman–Crippen LogP) is 2.77. The van der Waals surface area contributed by atoms with Gasteiger partial charge in [-0.3, -0.25) is 0 Å². The van der Waals surface area contributed by atoms with Crippen molar-refractivity contribution in [3.8, 4) is 0 Å². The summed E-state index contributed by atoms with van der Waals surface area (Å²) in [5, 5.41) is 4.22. The first kappa shape index (κ1) is 11.1. The Bertz CT molecular complexity index is 526. The molecule has 0 aliphatic heterocycles. The van der Waals surface area contributed by atoms with Gasteiger partial charge in [-0.05, 0) is 32.5 Å². The number of nitrogens with one attached hydrogen (secondary N) is 1. The average Bonchev–Trinajstić information content (AvgIpc) is 2.58. The zero-order valence-electron chi connectivity index (χ0n) is 10.1. The number of hydrogen-bond acceptors (Lipinski definition) is 1. The normalized spacial score (nSPS) is 12.3. The molecular weight excluding hydrogens is 203 g/mol. The first-order valence-corrected chi connectivity index (χ1v) is 5.40. The molecule has 16 heavy (non-hydrogen) atoms. The number of aryl methyl sites for hydroxylation is 1. The van der Waals surface area contributed by atoms with Crippen molar-refractivity contribution in [3.05, 3.63) is 35.8 Å². The molecule has 1 heterocycles. The van der Waals surface area contributed by atoms with E-state index in [1.54, 1.807) is 6.07 Å². The maximum Gasteiger partial charge on any atom is 0.147 e. The molecule has 86 valence electrons. The van der Waals surface area contributed by atoms with Crippen LogP contribution in [0.5, 0.6) is 0 Å². The topological polar surface area (TPSA) is 17.0 Å². The summed E-state index contributed by atoms with van der Waals surface area (Å²) in [5.41, 5.74) is 1.63. The summed E-state index contributed by atoms with van der Waals surface area (Å²) in [5.74, 6) is -0.168. The highest BCUT2D eigenvalue weighted by Crippen LogP contribution is 2.30. The lowest BCUT2D eigenvalue weighted by Gasteiger charge is -2.23. The van der Waals surface area contributed by atoms with Crippen LogP contribution in [-0.4, -0.2) is 11.6 Å². The number of nitrogens with zero attached hydrogens (tertiary/aromatic N) is 1. The maximum absolute atomic E-state index is 13.7. The standard InChI is InChI=1S/C13H17FN2/c1-13(2,15-3)10-8-16(4)12-9(10)6-5-7-11(12)14/h5-8,15H,1-4H3. The molecule has 1 aromatic carbocycles. The molecule has 0 amide bonds. The molecule has 0 aliphatic rings. The number of halogens is 1. The summed E-state index contributed by atoms with van der Waals surface area (Å²) in [6, 6.07) is 5.22. The molecule has 0 unspecified atom stereocenters. The van der Waals surface area contributed by atoms with E-state index in [1.807, 2.05) is 30.9 Å². The maximum atomic E-state index is 13.7. The molecule has 1 aromatic heterocycles. The summed E-state index contributed by atoms with van der Waals surface area (Å²) in [7, 11) is 3.79. The molecule has 0 bridgehead atoms. The summed E-state index contributed by atoms with van der Waals surface area (Å²) < 4.78 is 15.6. The van der Waals surface area contributed by atoms with E-state index < -0.39 is 0 Å². The van der Waals surface area contributed by atoms with Crippen molar-refractivity contribution in [1.29, 1.82) is 0 Å². The second-order valence-corrected chi connectivity index (χ2v) is 4.66. The van der Waals surface area contributed by atoms with Crippen molar-refractivity contribution >= 4 is 10.9 Å². The molecule has 0 fully saturated rings. The molecule has 0 atom stereocenters. The average molecular weight is 220 g/mol. The van der Waals surface area contributed by atoms with Gasteiger partial charge in [-0.15, -0.1) is 0 Å². The fourth-order valence-corrected chi connectivity index (χ4v) is 2.05. The van der Waals surface area contributed by atoms with E-state index in [1.165, 1.54) is 6.07 Å². The van der Waals surface area contributed by atoms with Crippen LogP contribution in [0, 0.1) is 5.82 Å². The fraction of sp³-hybridized carbons (Fsp3) is 0.385. The Labute approximate surface area is 95.1 Å². The minimum absolute atomic E-state index is 0.159. The van der Waals surface area contributed by atoms with E-state index >= 15 is 0 Å². The van der Waals surface area contributed by atoms with E-state index in [0.29, 0.717) is 5.52 Å². The van der Waals surface area contributed by atoms with Crippen LogP contribution in [0.1, 0.15) is 19.4 Å². The number of rotatable bonds is 2. The lowest BCUT2D eigenvalue weighted by atomic mass is 9.94. The van der Waals surface area contributed by atoms with Gasteiger partial charge in [-0.1, -0.05) is 12.1 Å². The molecule has 2 nitrogen and oxygen atoms in total. The largest absolute Gasteiger partial charge is 0.348 e. The Morgan fingerprint density at radius 3 is 2.62 bits per heavy atom. The van der Waals surface area contributed by atoms with Crippen LogP contribution in [0.25, 0.3) is 10.9 Å². The number of para-hydroxylation sites is 1. The minimum Gasteiger partial charge on any atom is -0.348 e. The predicted molar refractivity (Wildman–Crippen MR) is 65.0 cm³/mol. The SMILES string of the molecule is CNC(C)(C)c1cn(C)c2c(F)cccc12. The van der Waals surface area contributed by atoms with Crippen LogP contribution in [0.15, 0.2) is 24.4 Å². The Morgan fingerprint density at radius 1 is 1.31 bits per heavy atom. The van der Waals surface area contributed by atoms with Crippen LogP contribution in [-0.2, 0) is 12.6 Å². The zero-order valence-corrected chi connectivity index (χ0v) is 10.1. The first-order valence-electron chi connectivity index (χ1n) is 5.40. The molecular formula is C13H17FN2. The number of benzene rings is 1. The highest BCUT2D eigenvalue weighted by atomic mass is 19.1. The molecule has 0 saturated carbocycles. The van der Waals surface area contributed by atoms with Gasteiger partial charge in [0.1, 0.15) is 5.82 Å². The van der Waals surface area contributed by atoms with Gasteiger partial charge < -0.3 is 9.88 Å². The van der Waals surface area contributed by atoms with E-state index in [9.17, 15) is 4.39 Å². The van der Waals surface area contributed by atoms with Gasteiger partial charge in [0, 0.05) is 24.2 Å². The van der Waals surface area contributed by atoms with Gasteiger partial charge in [0.05, 0.1) is 5.52 Å². The Balaban J connectivity index is 2.79. The molecule has 0 spiro atoms. The van der Waals surface area contributed by atoms with Gasteiger partial charge in [0.2, 0.25) is 0 Å². The molecule has 0 aliphatic carbocycles. The third kappa shape index (κ3) is 1.52. The second-order valence-electron chi connectivity index (χ2n) is 4.66. The van der Waals surface area contributed by atoms with Crippen LogP contribution < -0.4 is 5.32 Å². The second kappa shape index (κ2) is 3.59. The number of aromatic nitrogens is 1. The van der Waals surface area contributed by atoms with Crippen LogP contribution in [0.2, 0.25) is 0 Å². The van der Waals surface area contributed by atoms with Gasteiger partial charge >= 0.3 is 0 Å². The van der Waals surface area contributed by atoms with Crippen molar-refractivity contribution in [2.75, 3.05) is 7.05 Å². The lowest BCUT2D eigenvalue weighted by Crippen LogP contribution is -2.32. The Hall–Kier alpha value is -1.35. The lowest BCUT2D eigenvalue weighted by molar-refractivity contribution is 0.447. The van der Waals surface area contributed by atoms with Crippen molar-refractivity contribution in [1.82, 2.24) is 9.88 Å². The zero-order chi connectivity index (χ0) is 11.9. The first-order chi connectivity index (χ1) is 7.47. The monoisotopic (exact) mass is 220 g/mol. The number of hydrogen-bond donors (Lipinski definition) is 1. The van der Waals surface area contributed by atoms with Crippen LogP contribution in [0.4, 0.5) is 4.39 Å². The highest BCUT2D eigenvalue weighted by molar-refractivity contribution is 5.85. The van der Waals surface area contributed by atoms with Crippen molar-refractivity contribution in [2.24, 2.45) is 7.05 Å². The smallest absolute Gasteiger partial charge is 0.147 e. The van der Waals surface area contributed by atoms with Crippen LogP contribution in [0.3, 0.4) is 0 Å². The fourth-order valence-electron chi connectivity index (χ4n) is 2.05. The third-order valence-corrected chi connectivity index (χ3v) is 3.25. The van der Waals surface area contributed by atoms with Gasteiger partial charge in [0.15, 0.2) is 0 Å². The quantitative estimate of drug-likeness (QED) is 0.823. The van der Waals surface area contributed by atoms with E-state index in [4.69, 9.17) is 0 Å². The van der Waals surface area contributed by atoms with Crippen molar-refractivity contribution < 1.29 is 4.39 Å². The van der Waals surface area contributed by atoms with E-state index in [0.717, 1.165) is 10.9 Å². The summed E-state index contributed by atoms with van der Waals surface area (Å²) in [6.45, 7) is 4.18. The van der Waals surface area contributed by atoms with Gasteiger partial charge in [-0.2, -0.15) is 0 Å². The molecule has 2 rings (SSSR count). The van der Waals surface area contributed by atoms with E-state index in [2.05, 4.69) is 19.2 Å². The Kier molecular flexibility index (Phi) is 2.50. The van der Waals surface area contributed by atoms with Gasteiger partial charge in [-0.25, -0.2) is 4.39 Å². The number of fused-ring (bicyclic) bond motifs is 1. The minimum atomic E-state index is -0.168.